The normalized spacial score (nSPS) is 31.2. The van der Waals surface area contributed by atoms with Crippen LogP contribution in [0.15, 0.2) is 12.7 Å². The summed E-state index contributed by atoms with van der Waals surface area (Å²) >= 11 is 0. The van der Waals surface area contributed by atoms with Gasteiger partial charge in [-0.2, -0.15) is 0 Å². The number of anilines is 1. The SMILES string of the molecule is CCOC(=O)CCC1CC(N(CC2OCC3(n4cnc5c(N)ncnc54)OC(C)(C)OC23)C(C)C)C1. The van der Waals surface area contributed by atoms with E-state index in [0.29, 0.717) is 54.6 Å². The third-order valence-electron chi connectivity index (χ3n) is 7.69. The van der Waals surface area contributed by atoms with Crippen molar-refractivity contribution in [2.45, 2.75) is 96.1 Å². The van der Waals surface area contributed by atoms with Gasteiger partial charge in [-0.15, -0.1) is 0 Å². The Hall–Kier alpha value is -2.34. The molecule has 2 N–H and O–H groups in total. The smallest absolute Gasteiger partial charge is 0.305 e. The minimum atomic E-state index is -0.895. The third-order valence-corrected chi connectivity index (χ3v) is 7.69. The minimum absolute atomic E-state index is 0.0996. The largest absolute Gasteiger partial charge is 0.466 e. The molecule has 3 fully saturated rings. The fourth-order valence-electron chi connectivity index (χ4n) is 5.98. The Labute approximate surface area is 211 Å². The molecule has 5 rings (SSSR count). The van der Waals surface area contributed by atoms with Crippen molar-refractivity contribution in [3.05, 3.63) is 12.7 Å². The highest BCUT2D eigenvalue weighted by Crippen LogP contribution is 2.48. The van der Waals surface area contributed by atoms with Crippen LogP contribution in [0.1, 0.15) is 60.3 Å². The van der Waals surface area contributed by atoms with E-state index in [1.165, 1.54) is 6.33 Å². The number of esters is 1. The molecule has 3 aliphatic rings. The number of rotatable bonds is 9. The third kappa shape index (κ3) is 4.46. The van der Waals surface area contributed by atoms with Gasteiger partial charge in [0.1, 0.15) is 24.1 Å². The predicted octanol–water partition coefficient (Wildman–Crippen LogP) is 2.44. The van der Waals surface area contributed by atoms with Crippen molar-refractivity contribution in [1.82, 2.24) is 24.4 Å². The van der Waals surface area contributed by atoms with Crippen molar-refractivity contribution in [1.29, 1.82) is 0 Å². The zero-order valence-electron chi connectivity index (χ0n) is 21.8. The van der Waals surface area contributed by atoms with Crippen LogP contribution in [0.2, 0.25) is 0 Å². The highest BCUT2D eigenvalue weighted by atomic mass is 16.8. The molecule has 0 aromatic carbocycles. The Morgan fingerprint density at radius 1 is 1.31 bits per heavy atom. The van der Waals surface area contributed by atoms with Crippen LogP contribution in [-0.2, 0) is 29.5 Å². The van der Waals surface area contributed by atoms with E-state index in [2.05, 4.69) is 33.7 Å². The fraction of sp³-hybridized carbons (Fsp3) is 0.760. The molecule has 3 unspecified atom stereocenters. The Kier molecular flexibility index (Phi) is 6.69. The maximum Gasteiger partial charge on any atom is 0.305 e. The van der Waals surface area contributed by atoms with Gasteiger partial charge in [0.05, 0.1) is 19.5 Å². The van der Waals surface area contributed by atoms with Crippen molar-refractivity contribution >= 4 is 23.0 Å². The highest BCUT2D eigenvalue weighted by Gasteiger charge is 2.63. The lowest BCUT2D eigenvalue weighted by molar-refractivity contribution is -0.206. The average Bonchev–Trinajstić information content (AvgIpc) is 3.42. The quantitative estimate of drug-likeness (QED) is 0.511. The molecule has 2 saturated heterocycles. The molecule has 11 heteroatoms. The second-order valence-electron chi connectivity index (χ2n) is 10.9. The van der Waals surface area contributed by atoms with Gasteiger partial charge in [0.25, 0.3) is 0 Å². The van der Waals surface area contributed by atoms with Crippen LogP contribution >= 0.6 is 0 Å². The Balaban J connectivity index is 1.31. The van der Waals surface area contributed by atoms with E-state index in [4.69, 9.17) is 24.7 Å². The number of fused-ring (bicyclic) bond motifs is 2. The van der Waals surface area contributed by atoms with Crippen LogP contribution in [0.4, 0.5) is 5.82 Å². The summed E-state index contributed by atoms with van der Waals surface area (Å²) in [6.07, 6.45) is 6.13. The number of hydrogen-bond acceptors (Lipinski definition) is 10. The summed E-state index contributed by atoms with van der Waals surface area (Å²) in [5.74, 6) is -0.0120. The van der Waals surface area contributed by atoms with Crippen LogP contribution in [0.25, 0.3) is 11.2 Å². The van der Waals surface area contributed by atoms with Gasteiger partial charge in [-0.25, -0.2) is 15.0 Å². The minimum Gasteiger partial charge on any atom is -0.466 e. The van der Waals surface area contributed by atoms with Crippen LogP contribution in [0.5, 0.6) is 0 Å². The first-order chi connectivity index (χ1) is 17.1. The predicted molar refractivity (Wildman–Crippen MR) is 132 cm³/mol. The van der Waals surface area contributed by atoms with Gasteiger partial charge in [0.15, 0.2) is 17.3 Å². The standard InChI is InChI=1S/C25H38N6O5/c1-6-33-19(32)8-7-16-9-17(10-16)30(15(2)3)11-18-21-25(12-34-18,36-24(4,5)35-21)31-14-29-20-22(26)27-13-28-23(20)31/h13-18,21H,6-12H2,1-5H3,(H2,26,27,28). The second kappa shape index (κ2) is 9.51. The summed E-state index contributed by atoms with van der Waals surface area (Å²) in [5.41, 5.74) is 6.28. The first-order valence-electron chi connectivity index (χ1n) is 13.0. The van der Waals surface area contributed by atoms with Crippen molar-refractivity contribution in [2.75, 3.05) is 25.5 Å². The van der Waals surface area contributed by atoms with Gasteiger partial charge in [0.2, 0.25) is 5.72 Å². The van der Waals surface area contributed by atoms with E-state index in [-0.39, 0.29) is 18.2 Å². The van der Waals surface area contributed by atoms with Gasteiger partial charge in [0, 0.05) is 25.0 Å². The molecular weight excluding hydrogens is 464 g/mol. The summed E-state index contributed by atoms with van der Waals surface area (Å²) < 4.78 is 26.3. The number of carbonyl (C=O) groups is 1. The number of nitrogens with two attached hydrogens (primary N) is 1. The molecule has 1 saturated carbocycles. The summed E-state index contributed by atoms with van der Waals surface area (Å²) in [6.45, 7) is 11.6. The van der Waals surface area contributed by atoms with E-state index in [1.54, 1.807) is 6.33 Å². The lowest BCUT2D eigenvalue weighted by Crippen LogP contribution is -2.53. The Bertz CT molecular complexity index is 1100. The molecule has 198 valence electrons. The molecule has 0 bridgehead atoms. The highest BCUT2D eigenvalue weighted by molar-refractivity contribution is 5.81. The first kappa shape index (κ1) is 25.3. The summed E-state index contributed by atoms with van der Waals surface area (Å²) in [4.78, 5) is 27.2. The molecule has 4 heterocycles. The number of ether oxygens (including phenoxy) is 4. The van der Waals surface area contributed by atoms with E-state index in [9.17, 15) is 4.79 Å². The molecule has 2 aromatic heterocycles. The fourth-order valence-corrected chi connectivity index (χ4v) is 5.98. The summed E-state index contributed by atoms with van der Waals surface area (Å²) in [5, 5.41) is 0. The number of hydrogen-bond donors (Lipinski definition) is 1. The van der Waals surface area contributed by atoms with Crippen LogP contribution in [-0.4, -0.2) is 80.2 Å². The lowest BCUT2D eigenvalue weighted by atomic mass is 9.76. The summed E-state index contributed by atoms with van der Waals surface area (Å²) in [7, 11) is 0. The van der Waals surface area contributed by atoms with E-state index in [1.807, 2.05) is 25.3 Å². The van der Waals surface area contributed by atoms with Gasteiger partial charge in [-0.3, -0.25) is 14.3 Å². The van der Waals surface area contributed by atoms with Gasteiger partial charge in [-0.05, 0) is 59.8 Å². The molecule has 1 aliphatic carbocycles. The van der Waals surface area contributed by atoms with Gasteiger partial charge < -0.3 is 24.7 Å². The molecule has 2 aliphatic heterocycles. The maximum atomic E-state index is 11.7. The van der Waals surface area contributed by atoms with Gasteiger partial charge in [-0.1, -0.05) is 0 Å². The number of carbonyl (C=O) groups excluding carboxylic acids is 1. The van der Waals surface area contributed by atoms with Gasteiger partial charge >= 0.3 is 5.97 Å². The van der Waals surface area contributed by atoms with Crippen molar-refractivity contribution in [3.63, 3.8) is 0 Å². The Morgan fingerprint density at radius 2 is 2.08 bits per heavy atom. The molecule has 0 spiro atoms. The van der Waals surface area contributed by atoms with Crippen molar-refractivity contribution < 1.29 is 23.7 Å². The maximum absolute atomic E-state index is 11.7. The Morgan fingerprint density at radius 3 is 2.81 bits per heavy atom. The topological polar surface area (TPSA) is 127 Å². The zero-order chi connectivity index (χ0) is 25.7. The number of nitrogens with zero attached hydrogens (tertiary/aromatic N) is 5. The van der Waals surface area contributed by atoms with E-state index in [0.717, 1.165) is 25.8 Å². The van der Waals surface area contributed by atoms with E-state index >= 15 is 0 Å². The van der Waals surface area contributed by atoms with Crippen LogP contribution < -0.4 is 5.73 Å². The van der Waals surface area contributed by atoms with E-state index < -0.39 is 11.5 Å². The van der Waals surface area contributed by atoms with Crippen molar-refractivity contribution in [2.24, 2.45) is 5.92 Å². The molecule has 3 atom stereocenters. The van der Waals surface area contributed by atoms with Crippen LogP contribution in [0, 0.1) is 5.92 Å². The lowest BCUT2D eigenvalue weighted by Gasteiger charge is -2.46. The molecular formula is C25H38N6O5. The van der Waals surface area contributed by atoms with Crippen molar-refractivity contribution in [3.8, 4) is 0 Å². The number of imidazole rings is 1. The average molecular weight is 503 g/mol. The second-order valence-corrected chi connectivity index (χ2v) is 10.9. The molecule has 2 aromatic rings. The molecule has 0 amide bonds. The monoisotopic (exact) mass is 502 g/mol. The summed E-state index contributed by atoms with van der Waals surface area (Å²) in [6, 6.07) is 0.796. The number of aromatic nitrogens is 4. The first-order valence-corrected chi connectivity index (χ1v) is 13.0. The molecule has 11 nitrogen and oxygen atoms in total. The van der Waals surface area contributed by atoms with Crippen LogP contribution in [0.3, 0.4) is 0 Å². The number of nitrogen functional groups attached to an aromatic ring is 1. The molecule has 0 radical (unpaired) electrons. The zero-order valence-corrected chi connectivity index (χ0v) is 21.8. The molecule has 36 heavy (non-hydrogen) atoms.